The average Bonchev–Trinajstić information content (AvgIpc) is 3.00. The van der Waals surface area contributed by atoms with Crippen molar-refractivity contribution in [2.75, 3.05) is 46.5 Å². The van der Waals surface area contributed by atoms with Crippen LogP contribution in [0.5, 0.6) is 0 Å². The van der Waals surface area contributed by atoms with Crippen LogP contribution in [0.4, 0.5) is 0 Å². The minimum atomic E-state index is -0.0556. The molecule has 2 saturated heterocycles. The highest BCUT2D eigenvalue weighted by atomic mass is 16.7. The van der Waals surface area contributed by atoms with Crippen molar-refractivity contribution in [1.82, 2.24) is 0 Å². The molecule has 2 aliphatic heterocycles. The molecule has 2 fully saturated rings. The van der Waals surface area contributed by atoms with Crippen LogP contribution in [0, 0.1) is 0 Å². The van der Waals surface area contributed by atoms with Gasteiger partial charge in [0, 0.05) is 6.42 Å². The van der Waals surface area contributed by atoms with E-state index in [1.807, 2.05) is 0 Å². The lowest BCUT2D eigenvalue weighted by Crippen LogP contribution is -2.55. The van der Waals surface area contributed by atoms with E-state index in [0.717, 1.165) is 56.8 Å². The summed E-state index contributed by atoms with van der Waals surface area (Å²) < 4.78 is 18.6. The average molecular weight is 349 g/mol. The molecule has 0 saturated carbocycles. The lowest BCUT2D eigenvalue weighted by Gasteiger charge is -2.38. The maximum atomic E-state index is 6.15. The van der Waals surface area contributed by atoms with Crippen LogP contribution >= 0.6 is 0 Å². The Morgan fingerprint density at radius 3 is 2.40 bits per heavy atom. The van der Waals surface area contributed by atoms with E-state index in [0.29, 0.717) is 0 Å². The van der Waals surface area contributed by atoms with Gasteiger partial charge in [0.1, 0.15) is 25.7 Å². The van der Waals surface area contributed by atoms with Gasteiger partial charge in [-0.3, -0.25) is 0 Å². The smallest absolute Gasteiger partial charge is 0.158 e. The van der Waals surface area contributed by atoms with E-state index in [4.69, 9.17) is 14.2 Å². The number of likely N-dealkylation sites (N-methyl/N-ethyl adjacent to an activating group) is 1. The van der Waals surface area contributed by atoms with Crippen molar-refractivity contribution in [1.29, 1.82) is 0 Å². The van der Waals surface area contributed by atoms with Crippen LogP contribution in [0.15, 0.2) is 24.3 Å². The number of ether oxygens (including phenoxy) is 3. The number of hydrogen-bond acceptors (Lipinski definition) is 3. The topological polar surface area (TPSA) is 27.7 Å². The first-order valence-corrected chi connectivity index (χ1v) is 9.62. The number of aryl methyl sites for hydroxylation is 1. The molecule has 0 radical (unpaired) electrons. The van der Waals surface area contributed by atoms with Gasteiger partial charge in [0.15, 0.2) is 6.29 Å². The first-order chi connectivity index (χ1) is 11.8. The van der Waals surface area contributed by atoms with Crippen LogP contribution in [-0.4, -0.2) is 63.4 Å². The predicted molar refractivity (Wildman–Crippen MR) is 99.7 cm³/mol. The molecule has 3 rings (SSSR count). The number of morpholine rings is 1. The second-order valence-electron chi connectivity index (χ2n) is 8.87. The molecule has 2 atom stereocenters. The molecule has 0 bridgehead atoms. The van der Waals surface area contributed by atoms with E-state index in [1.165, 1.54) is 11.1 Å². The molecular weight excluding hydrogens is 314 g/mol. The number of hydrogen-bond donors (Lipinski definition) is 0. The number of benzene rings is 1. The Labute approximate surface area is 152 Å². The van der Waals surface area contributed by atoms with E-state index in [2.05, 4.69) is 52.1 Å². The lowest BCUT2D eigenvalue weighted by atomic mass is 9.86. The molecule has 0 unspecified atom stereocenters. The van der Waals surface area contributed by atoms with Crippen LogP contribution in [0.1, 0.15) is 38.3 Å². The van der Waals surface area contributed by atoms with Crippen molar-refractivity contribution in [3.05, 3.63) is 35.4 Å². The van der Waals surface area contributed by atoms with Gasteiger partial charge in [-0.15, -0.1) is 0 Å². The van der Waals surface area contributed by atoms with E-state index < -0.39 is 0 Å². The minimum absolute atomic E-state index is 0.0556. The molecule has 2 heterocycles. The molecule has 140 valence electrons. The van der Waals surface area contributed by atoms with Crippen LogP contribution in [0.2, 0.25) is 0 Å². The number of rotatable bonds is 5. The molecule has 0 aromatic heterocycles. The molecule has 0 amide bonds. The summed E-state index contributed by atoms with van der Waals surface area (Å²) in [4.78, 5) is 0. The van der Waals surface area contributed by atoms with Crippen LogP contribution in [-0.2, 0) is 26.0 Å². The summed E-state index contributed by atoms with van der Waals surface area (Å²) in [6.07, 6.45) is 2.09. The summed E-state index contributed by atoms with van der Waals surface area (Å²) in [5.41, 5.74) is 2.95. The van der Waals surface area contributed by atoms with E-state index in [-0.39, 0.29) is 17.8 Å². The van der Waals surface area contributed by atoms with Crippen LogP contribution < -0.4 is 0 Å². The van der Waals surface area contributed by atoms with Gasteiger partial charge in [0.25, 0.3) is 0 Å². The Kier molecular flexibility index (Phi) is 5.84. The molecule has 25 heavy (non-hydrogen) atoms. The van der Waals surface area contributed by atoms with Gasteiger partial charge in [-0.05, 0) is 23.0 Å². The second-order valence-corrected chi connectivity index (χ2v) is 8.87. The zero-order valence-electron chi connectivity index (χ0n) is 16.3. The Bertz CT molecular complexity index is 543. The Hall–Kier alpha value is -0.940. The molecule has 0 aliphatic carbocycles. The normalized spacial score (nSPS) is 26.7. The van der Waals surface area contributed by atoms with Crippen molar-refractivity contribution < 1.29 is 18.7 Å². The third kappa shape index (κ3) is 5.27. The Morgan fingerprint density at radius 2 is 1.76 bits per heavy atom. The highest BCUT2D eigenvalue weighted by Crippen LogP contribution is 2.24. The van der Waals surface area contributed by atoms with E-state index in [1.54, 1.807) is 0 Å². The standard InChI is InChI=1S/C21H34NO3/c1-21(2,3)18-8-5-17(6-9-18)7-10-20-24-16-19(25-20)15-22(4)11-13-23-14-12-22/h5-6,8-9,19-20H,7,10-16H2,1-4H3/q+1/t19-,20+/m1/s1. The number of nitrogens with zero attached hydrogens (tertiary/aromatic N) is 1. The molecule has 4 nitrogen and oxygen atoms in total. The van der Waals surface area contributed by atoms with Gasteiger partial charge in [0.2, 0.25) is 0 Å². The fourth-order valence-corrected chi connectivity index (χ4v) is 3.67. The van der Waals surface area contributed by atoms with Crippen LogP contribution in [0.25, 0.3) is 0 Å². The van der Waals surface area contributed by atoms with Gasteiger partial charge >= 0.3 is 0 Å². The predicted octanol–water partition coefficient (Wildman–Crippen LogP) is 3.14. The molecule has 0 N–H and O–H groups in total. The maximum absolute atomic E-state index is 6.15. The minimum Gasteiger partial charge on any atom is -0.370 e. The molecule has 1 aromatic carbocycles. The lowest BCUT2D eigenvalue weighted by molar-refractivity contribution is -0.919. The van der Waals surface area contributed by atoms with E-state index in [9.17, 15) is 0 Å². The van der Waals surface area contributed by atoms with Crippen molar-refractivity contribution >= 4 is 0 Å². The second kappa shape index (κ2) is 7.75. The largest absolute Gasteiger partial charge is 0.370 e. The first-order valence-electron chi connectivity index (χ1n) is 9.62. The van der Waals surface area contributed by atoms with Gasteiger partial charge in [-0.1, -0.05) is 45.0 Å². The van der Waals surface area contributed by atoms with Gasteiger partial charge < -0.3 is 18.7 Å². The Balaban J connectivity index is 1.44. The highest BCUT2D eigenvalue weighted by Gasteiger charge is 2.34. The van der Waals surface area contributed by atoms with Crippen molar-refractivity contribution in [3.8, 4) is 0 Å². The first kappa shape index (κ1) is 18.8. The quantitative estimate of drug-likeness (QED) is 0.765. The van der Waals surface area contributed by atoms with Crippen LogP contribution in [0.3, 0.4) is 0 Å². The van der Waals surface area contributed by atoms with Gasteiger partial charge in [-0.25, -0.2) is 0 Å². The summed E-state index contributed by atoms with van der Waals surface area (Å²) in [7, 11) is 2.30. The maximum Gasteiger partial charge on any atom is 0.158 e. The Morgan fingerprint density at radius 1 is 1.08 bits per heavy atom. The highest BCUT2D eigenvalue weighted by molar-refractivity contribution is 5.27. The third-order valence-electron chi connectivity index (χ3n) is 5.50. The van der Waals surface area contributed by atoms with Crippen molar-refractivity contribution in [2.24, 2.45) is 0 Å². The summed E-state index contributed by atoms with van der Waals surface area (Å²) in [5, 5.41) is 0. The van der Waals surface area contributed by atoms with Gasteiger partial charge in [0.05, 0.1) is 26.9 Å². The summed E-state index contributed by atoms with van der Waals surface area (Å²) in [5.74, 6) is 0. The zero-order valence-corrected chi connectivity index (χ0v) is 16.3. The van der Waals surface area contributed by atoms with Crippen molar-refractivity contribution in [3.63, 3.8) is 0 Å². The molecule has 1 aromatic rings. The molecular formula is C21H34NO3+. The molecule has 0 spiro atoms. The van der Waals surface area contributed by atoms with E-state index >= 15 is 0 Å². The fraction of sp³-hybridized carbons (Fsp3) is 0.714. The monoisotopic (exact) mass is 348 g/mol. The summed E-state index contributed by atoms with van der Waals surface area (Å²) in [6, 6.07) is 8.98. The summed E-state index contributed by atoms with van der Waals surface area (Å²) >= 11 is 0. The fourth-order valence-electron chi connectivity index (χ4n) is 3.67. The van der Waals surface area contributed by atoms with Gasteiger partial charge in [-0.2, -0.15) is 0 Å². The number of quaternary nitrogens is 1. The summed E-state index contributed by atoms with van der Waals surface area (Å²) in [6.45, 7) is 12.4. The molecule has 4 heteroatoms. The van der Waals surface area contributed by atoms with Crippen molar-refractivity contribution in [2.45, 2.75) is 51.4 Å². The third-order valence-corrected chi connectivity index (χ3v) is 5.50. The zero-order chi connectivity index (χ0) is 17.9. The molecule has 2 aliphatic rings. The SMILES string of the molecule is CC(C)(C)c1ccc(CC[C@H]2OC[C@@H](C[N+]3(C)CCOCC3)O2)cc1.